The molecule has 1 radical (unpaired) electrons. The van der Waals surface area contributed by atoms with Crippen molar-refractivity contribution in [2.24, 2.45) is 0 Å². The third kappa shape index (κ3) is 2.34. The second-order valence-corrected chi connectivity index (χ2v) is 17.9. The van der Waals surface area contributed by atoms with Crippen LogP contribution in [0, 0.1) is 5.54 Å². The minimum atomic E-state index is -1.15. The van der Waals surface area contributed by atoms with Gasteiger partial charge in [0.25, 0.3) is 0 Å². The molecule has 1 aliphatic rings. The Morgan fingerprint density at radius 1 is 1.30 bits per heavy atom. The summed E-state index contributed by atoms with van der Waals surface area (Å²) in [6.45, 7) is 0. The van der Waals surface area contributed by atoms with Crippen molar-refractivity contribution in [3.05, 3.63) is 5.54 Å². The average molecular weight is 189 g/mol. The highest BCUT2D eigenvalue weighted by atomic mass is 29.5. The molecule has 0 heterocycles. The minimum absolute atomic E-state index is 0.0898. The van der Waals surface area contributed by atoms with Crippen LogP contribution >= 0.6 is 0 Å². The molecule has 1 rings (SSSR count). The summed E-state index contributed by atoms with van der Waals surface area (Å²) in [5.74, 6) is 0. The lowest BCUT2D eigenvalue weighted by Crippen LogP contribution is -2.32. The Morgan fingerprint density at radius 3 is 2.40 bits per heavy atom. The maximum atomic E-state index is 9.68. The summed E-state index contributed by atoms with van der Waals surface area (Å²) in [6.07, 6.45) is 6.74. The summed E-state index contributed by atoms with van der Waals surface area (Å²) >= 11 is 0. The first-order chi connectivity index (χ1) is 4.84. The molecule has 1 N–H and O–H groups in total. The van der Waals surface area contributed by atoms with Gasteiger partial charge >= 0.3 is 0 Å². The Hall–Kier alpha value is 0.611. The maximum Gasteiger partial charge on any atom is 0.156 e. The molecule has 1 unspecified atom stereocenters. The highest BCUT2D eigenvalue weighted by molar-refractivity contribution is 7.30. The summed E-state index contributed by atoms with van der Waals surface area (Å²) < 4.78 is 0. The fourth-order valence-electron chi connectivity index (χ4n) is 1.63. The zero-order valence-corrected chi connectivity index (χ0v) is 11.3. The molecule has 0 amide bonds. The molecule has 4 heteroatoms. The Kier molecular flexibility index (Phi) is 3.90. The predicted octanol–water partition coefficient (Wildman–Crippen LogP) is -1.27. The fraction of sp³-hybridized carbons (Fsp3) is 0.833. The van der Waals surface area contributed by atoms with Crippen molar-refractivity contribution >= 4 is 26.9 Å². The molecular formula is C6H17OSi3. The SMILES string of the molecule is O[SiH]([SiH2][SiH3])[C]1CCCCC1. The molecule has 0 aromatic heterocycles. The Labute approximate surface area is 69.8 Å². The number of hydrogen-bond donors (Lipinski definition) is 1. The van der Waals surface area contributed by atoms with Gasteiger partial charge in [0, 0.05) is 8.55 Å². The zero-order chi connectivity index (χ0) is 7.40. The van der Waals surface area contributed by atoms with E-state index in [9.17, 15) is 4.80 Å². The second-order valence-electron chi connectivity index (χ2n) is 3.14. The zero-order valence-electron chi connectivity index (χ0n) is 6.77. The van der Waals surface area contributed by atoms with Crippen LogP contribution in [0.4, 0.5) is 0 Å². The van der Waals surface area contributed by atoms with E-state index >= 15 is 0 Å². The lowest BCUT2D eigenvalue weighted by atomic mass is 10.0. The van der Waals surface area contributed by atoms with E-state index in [-0.39, 0.29) is 8.55 Å². The van der Waals surface area contributed by atoms with Crippen LogP contribution in [-0.2, 0) is 0 Å². The lowest BCUT2D eigenvalue weighted by molar-refractivity contribution is 0.526. The molecule has 0 aromatic rings. The van der Waals surface area contributed by atoms with E-state index in [1.165, 1.54) is 41.9 Å². The van der Waals surface area contributed by atoms with E-state index < -0.39 is 8.56 Å². The molecule has 1 aliphatic carbocycles. The van der Waals surface area contributed by atoms with Crippen LogP contribution in [0.3, 0.4) is 0 Å². The molecule has 0 spiro atoms. The van der Waals surface area contributed by atoms with Crippen LogP contribution in [0.2, 0.25) is 0 Å². The van der Waals surface area contributed by atoms with Gasteiger partial charge in [0.2, 0.25) is 0 Å². The maximum absolute atomic E-state index is 9.68. The lowest BCUT2D eigenvalue weighted by Gasteiger charge is -2.23. The molecule has 1 saturated carbocycles. The topological polar surface area (TPSA) is 20.2 Å². The third-order valence-electron chi connectivity index (χ3n) is 2.35. The molecule has 1 fully saturated rings. The first kappa shape index (κ1) is 8.70. The molecule has 1 atom stereocenters. The molecule has 10 heavy (non-hydrogen) atoms. The highest BCUT2D eigenvalue weighted by Crippen LogP contribution is 2.26. The van der Waals surface area contributed by atoms with Crippen molar-refractivity contribution in [2.75, 3.05) is 0 Å². The largest absolute Gasteiger partial charge is 0.438 e. The van der Waals surface area contributed by atoms with Gasteiger partial charge in [-0.25, -0.2) is 0 Å². The molecule has 1 nitrogen and oxygen atoms in total. The van der Waals surface area contributed by atoms with Gasteiger partial charge in [-0.3, -0.25) is 0 Å². The molecule has 59 valence electrons. The van der Waals surface area contributed by atoms with Gasteiger partial charge < -0.3 is 4.80 Å². The van der Waals surface area contributed by atoms with Crippen molar-refractivity contribution in [3.63, 3.8) is 0 Å². The molecule has 0 aliphatic heterocycles. The van der Waals surface area contributed by atoms with Crippen LogP contribution in [0.25, 0.3) is 0 Å². The van der Waals surface area contributed by atoms with Crippen LogP contribution in [0.15, 0.2) is 0 Å². The predicted molar refractivity (Wildman–Crippen MR) is 54.2 cm³/mol. The monoisotopic (exact) mass is 189 g/mol. The number of hydrogen-bond acceptors (Lipinski definition) is 1. The minimum Gasteiger partial charge on any atom is -0.438 e. The highest BCUT2D eigenvalue weighted by Gasteiger charge is 2.21. The summed E-state index contributed by atoms with van der Waals surface area (Å²) in [5, 5.41) is 0. The Bertz CT molecular complexity index is 93.0. The van der Waals surface area contributed by atoms with Gasteiger partial charge in [-0.2, -0.15) is 0 Å². The van der Waals surface area contributed by atoms with E-state index in [1.54, 1.807) is 5.54 Å². The standard InChI is InChI=1S/C6H17OSi3/c7-10(9-8)6-4-2-1-3-5-6/h7,10H,1-5,9H2,8H3. The molecular weight excluding hydrogens is 172 g/mol. The first-order valence-corrected chi connectivity index (χ1v) is 14.4. The molecule has 0 saturated heterocycles. The van der Waals surface area contributed by atoms with Gasteiger partial charge in [-0.05, 0) is 28.1 Å². The van der Waals surface area contributed by atoms with E-state index in [0.717, 1.165) is 0 Å². The van der Waals surface area contributed by atoms with Crippen molar-refractivity contribution in [2.45, 2.75) is 32.1 Å². The summed E-state index contributed by atoms with van der Waals surface area (Å²) in [4.78, 5) is 9.68. The van der Waals surface area contributed by atoms with Gasteiger partial charge in [0.15, 0.2) is 8.56 Å². The van der Waals surface area contributed by atoms with Crippen molar-refractivity contribution in [3.8, 4) is 0 Å². The van der Waals surface area contributed by atoms with E-state index in [1.807, 2.05) is 0 Å². The van der Waals surface area contributed by atoms with E-state index in [2.05, 4.69) is 0 Å². The molecule has 0 bridgehead atoms. The average Bonchev–Trinajstić information content (AvgIpc) is 2.05. The quantitative estimate of drug-likeness (QED) is 0.537. The van der Waals surface area contributed by atoms with Gasteiger partial charge in [0.05, 0.1) is 0 Å². The Morgan fingerprint density at radius 2 is 1.90 bits per heavy atom. The Balaban J connectivity index is 2.24. The normalized spacial score (nSPS) is 26.1. The van der Waals surface area contributed by atoms with Crippen molar-refractivity contribution < 1.29 is 4.80 Å². The summed E-state index contributed by atoms with van der Waals surface area (Å²) in [5.41, 5.74) is 1.63. The smallest absolute Gasteiger partial charge is 0.156 e. The third-order valence-corrected chi connectivity index (χ3v) is 15.7. The first-order valence-electron chi connectivity index (χ1n) is 4.37. The van der Waals surface area contributed by atoms with Crippen molar-refractivity contribution in [1.82, 2.24) is 0 Å². The summed E-state index contributed by atoms with van der Waals surface area (Å²) in [6, 6.07) is 0. The number of rotatable bonds is 2. The van der Waals surface area contributed by atoms with E-state index in [0.29, 0.717) is 0 Å². The molecule has 0 aromatic carbocycles. The van der Waals surface area contributed by atoms with Crippen LogP contribution in [0.1, 0.15) is 32.1 Å². The van der Waals surface area contributed by atoms with E-state index in [4.69, 9.17) is 0 Å². The fourth-order valence-corrected chi connectivity index (χ4v) is 11.4. The van der Waals surface area contributed by atoms with Crippen LogP contribution in [0.5, 0.6) is 0 Å². The van der Waals surface area contributed by atoms with Gasteiger partial charge in [0.1, 0.15) is 0 Å². The summed E-state index contributed by atoms with van der Waals surface area (Å²) in [7, 11) is 0.281. The second kappa shape index (κ2) is 4.48. The van der Waals surface area contributed by atoms with Gasteiger partial charge in [-0.1, -0.05) is 19.3 Å². The van der Waals surface area contributed by atoms with Crippen molar-refractivity contribution in [1.29, 1.82) is 0 Å². The van der Waals surface area contributed by atoms with Gasteiger partial charge in [-0.15, -0.1) is 0 Å². The van der Waals surface area contributed by atoms with Crippen LogP contribution in [-0.4, -0.2) is 31.7 Å². The van der Waals surface area contributed by atoms with Crippen LogP contribution < -0.4 is 0 Å².